The van der Waals surface area contributed by atoms with Crippen molar-refractivity contribution in [1.29, 1.82) is 0 Å². The Morgan fingerprint density at radius 2 is 2.14 bits per heavy atom. The van der Waals surface area contributed by atoms with Crippen LogP contribution in [0.4, 0.5) is 4.79 Å². The number of ether oxygens (including phenoxy) is 1. The predicted octanol–water partition coefficient (Wildman–Crippen LogP) is 2.14. The lowest BCUT2D eigenvalue weighted by Gasteiger charge is -2.16. The van der Waals surface area contributed by atoms with Crippen molar-refractivity contribution in [3.8, 4) is 0 Å². The Bertz CT molecular complexity index is 687. The number of nitrogens with zero attached hydrogens (tertiary/aromatic N) is 3. The zero-order valence-electron chi connectivity index (χ0n) is 16.9. The Hall–Kier alpha value is -1.77. The molecule has 2 unspecified atom stereocenters. The van der Waals surface area contributed by atoms with Gasteiger partial charge in [0.25, 0.3) is 0 Å². The summed E-state index contributed by atoms with van der Waals surface area (Å²) >= 11 is 1.97. The first-order valence-corrected chi connectivity index (χ1v) is 11.1. The fourth-order valence-electron chi connectivity index (χ4n) is 3.48. The highest BCUT2D eigenvalue weighted by atomic mass is 32.2. The van der Waals surface area contributed by atoms with Crippen molar-refractivity contribution < 1.29 is 14.3 Å². The van der Waals surface area contributed by atoms with Gasteiger partial charge in [-0.1, -0.05) is 18.1 Å². The molecule has 0 saturated carbocycles. The number of unbranched alkanes of at least 4 members (excludes halogenated alkanes) is 2. The maximum atomic E-state index is 11.7. The maximum Gasteiger partial charge on any atom is 0.315 e. The second-order valence-corrected chi connectivity index (χ2v) is 9.85. The van der Waals surface area contributed by atoms with Crippen LogP contribution >= 0.6 is 11.8 Å². The summed E-state index contributed by atoms with van der Waals surface area (Å²) in [5.41, 5.74) is 0.496. The molecule has 0 radical (unpaired) electrons. The third-order valence-electron chi connectivity index (χ3n) is 5.11. The van der Waals surface area contributed by atoms with Crippen molar-refractivity contribution in [3.63, 3.8) is 0 Å². The first kappa shape index (κ1) is 21.0. The molecule has 0 spiro atoms. The molecule has 2 aliphatic heterocycles. The van der Waals surface area contributed by atoms with E-state index in [1.165, 1.54) is 0 Å². The van der Waals surface area contributed by atoms with Crippen LogP contribution in [-0.2, 0) is 22.5 Å². The van der Waals surface area contributed by atoms with Crippen molar-refractivity contribution in [3.05, 3.63) is 11.9 Å². The van der Waals surface area contributed by atoms with E-state index in [2.05, 4.69) is 20.9 Å². The summed E-state index contributed by atoms with van der Waals surface area (Å²) in [6.45, 7) is 6.36. The molecular weight excluding hydrogens is 378 g/mol. The molecule has 3 heterocycles. The van der Waals surface area contributed by atoms with E-state index in [4.69, 9.17) is 4.74 Å². The van der Waals surface area contributed by atoms with Crippen LogP contribution in [0.2, 0.25) is 0 Å². The molecule has 0 bridgehead atoms. The van der Waals surface area contributed by atoms with E-state index in [9.17, 15) is 9.59 Å². The molecule has 3 rings (SSSR count). The van der Waals surface area contributed by atoms with Gasteiger partial charge in [-0.2, -0.15) is 11.8 Å². The van der Waals surface area contributed by atoms with Crippen LogP contribution in [0.25, 0.3) is 0 Å². The van der Waals surface area contributed by atoms with Crippen molar-refractivity contribution in [1.82, 2.24) is 25.6 Å². The number of urea groups is 1. The minimum absolute atomic E-state index is 0.0171. The number of hydrogen-bond acceptors (Lipinski definition) is 6. The fourth-order valence-corrected chi connectivity index (χ4v) is 5.03. The van der Waals surface area contributed by atoms with Crippen molar-refractivity contribution in [2.45, 2.75) is 76.8 Å². The van der Waals surface area contributed by atoms with E-state index in [0.29, 0.717) is 30.5 Å². The summed E-state index contributed by atoms with van der Waals surface area (Å²) in [6, 6.07) is 0.585. The van der Waals surface area contributed by atoms with Crippen LogP contribution in [0.3, 0.4) is 0 Å². The van der Waals surface area contributed by atoms with Gasteiger partial charge in [0, 0.05) is 17.2 Å². The van der Waals surface area contributed by atoms with E-state index in [0.717, 1.165) is 43.6 Å². The van der Waals surface area contributed by atoms with Gasteiger partial charge >= 0.3 is 12.0 Å². The smallest absolute Gasteiger partial charge is 0.315 e. The highest BCUT2D eigenvalue weighted by Crippen LogP contribution is 2.33. The largest absolute Gasteiger partial charge is 0.463 e. The second kappa shape index (κ2) is 9.15. The molecule has 2 fully saturated rings. The van der Waals surface area contributed by atoms with Gasteiger partial charge in [-0.05, 0) is 40.0 Å². The lowest BCUT2D eigenvalue weighted by molar-refractivity contribution is -0.153. The standard InChI is InChI=1S/C19H31N5O3S/c1-19(2,3)17(25)27-10-9-24-11-13(22-23-24)7-5-4-6-8-15-16-14(12-28-15)20-18(26)21-16/h11,14-16H,4-10,12H2,1-3H3,(H2,20,21,26)/t14?,15-,16?/m0/s1. The lowest BCUT2D eigenvalue weighted by atomic mass is 9.97. The van der Waals surface area contributed by atoms with E-state index >= 15 is 0 Å². The number of aryl methyl sites for hydroxylation is 1. The molecule has 0 aromatic carbocycles. The summed E-state index contributed by atoms with van der Waals surface area (Å²) in [4.78, 5) is 23.2. The van der Waals surface area contributed by atoms with Gasteiger partial charge in [0.2, 0.25) is 0 Å². The topological polar surface area (TPSA) is 98.1 Å². The number of carbonyl (C=O) groups excluding carboxylic acids is 2. The minimum atomic E-state index is -0.481. The van der Waals surface area contributed by atoms with Gasteiger partial charge in [0.1, 0.15) is 6.61 Å². The zero-order valence-corrected chi connectivity index (χ0v) is 17.8. The first-order valence-electron chi connectivity index (χ1n) is 10.1. The van der Waals surface area contributed by atoms with E-state index in [1.54, 1.807) is 4.68 Å². The van der Waals surface area contributed by atoms with Gasteiger partial charge in [0.15, 0.2) is 0 Å². The summed E-state index contributed by atoms with van der Waals surface area (Å²) in [7, 11) is 0. The van der Waals surface area contributed by atoms with Crippen molar-refractivity contribution >= 4 is 23.8 Å². The van der Waals surface area contributed by atoms with E-state index in [1.807, 2.05) is 38.7 Å². The van der Waals surface area contributed by atoms with Crippen LogP contribution < -0.4 is 10.6 Å². The number of esters is 1. The highest BCUT2D eigenvalue weighted by molar-refractivity contribution is 8.00. The average Bonchev–Trinajstić information content (AvgIpc) is 3.31. The van der Waals surface area contributed by atoms with Crippen molar-refractivity contribution in [2.75, 3.05) is 12.4 Å². The van der Waals surface area contributed by atoms with Crippen LogP contribution in [0, 0.1) is 5.41 Å². The zero-order chi connectivity index (χ0) is 20.1. The van der Waals surface area contributed by atoms with E-state index in [-0.39, 0.29) is 12.0 Å². The van der Waals surface area contributed by atoms with Gasteiger partial charge < -0.3 is 15.4 Å². The molecule has 1 aromatic rings. The molecule has 156 valence electrons. The monoisotopic (exact) mass is 409 g/mol. The SMILES string of the molecule is CC(C)(C)C(=O)OCCn1cc(CCCCC[C@@H]2SCC3NC(=O)NC32)nn1. The molecule has 0 aliphatic carbocycles. The maximum absolute atomic E-state index is 11.7. The summed E-state index contributed by atoms with van der Waals surface area (Å²) in [6.07, 6.45) is 7.36. The van der Waals surface area contributed by atoms with Gasteiger partial charge in [-0.25, -0.2) is 9.48 Å². The van der Waals surface area contributed by atoms with Crippen LogP contribution in [0.5, 0.6) is 0 Å². The van der Waals surface area contributed by atoms with Crippen LogP contribution in [-0.4, -0.2) is 56.7 Å². The molecular formula is C19H31N5O3S. The number of rotatable bonds is 9. The Balaban J connectivity index is 1.28. The molecule has 2 aliphatic rings. The molecule has 2 amide bonds. The molecule has 8 nitrogen and oxygen atoms in total. The number of fused-ring (bicyclic) bond motifs is 1. The number of hydrogen-bond donors (Lipinski definition) is 2. The average molecular weight is 410 g/mol. The van der Waals surface area contributed by atoms with Crippen LogP contribution in [0.1, 0.15) is 52.1 Å². The second-order valence-electron chi connectivity index (χ2n) is 8.58. The van der Waals surface area contributed by atoms with Crippen LogP contribution in [0.15, 0.2) is 6.20 Å². The molecule has 28 heavy (non-hydrogen) atoms. The lowest BCUT2D eigenvalue weighted by Crippen LogP contribution is -2.36. The Kier molecular flexibility index (Phi) is 6.85. The van der Waals surface area contributed by atoms with Crippen molar-refractivity contribution in [2.24, 2.45) is 5.41 Å². The Morgan fingerprint density at radius 3 is 2.93 bits per heavy atom. The van der Waals surface area contributed by atoms with Gasteiger partial charge in [-0.3, -0.25) is 4.79 Å². The van der Waals surface area contributed by atoms with Gasteiger partial charge in [0.05, 0.1) is 29.7 Å². The molecule has 9 heteroatoms. The predicted molar refractivity (Wildman–Crippen MR) is 108 cm³/mol. The fraction of sp³-hybridized carbons (Fsp3) is 0.789. The number of amides is 2. The normalized spacial score (nSPS) is 24.0. The summed E-state index contributed by atoms with van der Waals surface area (Å²) < 4.78 is 6.99. The number of nitrogens with one attached hydrogen (secondary N) is 2. The quantitative estimate of drug-likeness (QED) is 0.368. The third kappa shape index (κ3) is 5.62. The molecule has 2 N–H and O–H groups in total. The minimum Gasteiger partial charge on any atom is -0.463 e. The Morgan fingerprint density at radius 1 is 1.32 bits per heavy atom. The molecule has 1 aromatic heterocycles. The number of carbonyl (C=O) groups is 2. The summed E-state index contributed by atoms with van der Waals surface area (Å²) in [5.74, 6) is 0.815. The third-order valence-corrected chi connectivity index (χ3v) is 6.62. The van der Waals surface area contributed by atoms with E-state index < -0.39 is 5.41 Å². The molecule has 2 saturated heterocycles. The molecule has 3 atom stereocenters. The summed E-state index contributed by atoms with van der Waals surface area (Å²) in [5, 5.41) is 14.9. The highest BCUT2D eigenvalue weighted by Gasteiger charge is 2.42. The van der Waals surface area contributed by atoms with Gasteiger partial charge in [-0.15, -0.1) is 5.10 Å². The number of thioether (sulfide) groups is 1. The Labute approximate surface area is 170 Å². The number of aromatic nitrogens is 3. The first-order chi connectivity index (χ1) is 13.3.